The summed E-state index contributed by atoms with van der Waals surface area (Å²) in [6.07, 6.45) is 2.56. The Balaban J connectivity index is 2.42. The van der Waals surface area contributed by atoms with E-state index in [9.17, 15) is 4.79 Å². The van der Waals surface area contributed by atoms with E-state index >= 15 is 0 Å². The predicted molar refractivity (Wildman–Crippen MR) is 64.7 cm³/mol. The molecule has 0 saturated heterocycles. The summed E-state index contributed by atoms with van der Waals surface area (Å²) in [6.45, 7) is 0. The van der Waals surface area contributed by atoms with Gasteiger partial charge in [-0.2, -0.15) is 0 Å². The molecule has 17 heavy (non-hydrogen) atoms. The van der Waals surface area contributed by atoms with E-state index in [-0.39, 0.29) is 0 Å². The third kappa shape index (κ3) is 2.15. The fourth-order valence-corrected chi connectivity index (χ4v) is 1.66. The summed E-state index contributed by atoms with van der Waals surface area (Å²) in [5.41, 5.74) is 2.45. The minimum absolute atomic E-state index is 0.551. The third-order valence-corrected chi connectivity index (χ3v) is 2.55. The molecule has 2 rings (SSSR count). The van der Waals surface area contributed by atoms with E-state index in [1.54, 1.807) is 26.5 Å². The van der Waals surface area contributed by atoms with Gasteiger partial charge in [-0.3, -0.25) is 4.79 Å². The third-order valence-electron chi connectivity index (χ3n) is 2.55. The van der Waals surface area contributed by atoms with Crippen molar-refractivity contribution in [2.45, 2.75) is 0 Å². The topological polar surface area (TPSA) is 51.3 Å². The number of aromatic amines is 1. The lowest BCUT2D eigenvalue weighted by molar-refractivity contribution is 0.111. The molecular formula is C13H13NO3. The van der Waals surface area contributed by atoms with E-state index in [4.69, 9.17) is 9.47 Å². The average molecular weight is 231 g/mol. The highest BCUT2D eigenvalue weighted by Gasteiger charge is 2.07. The molecule has 0 aliphatic rings. The second-order valence-electron chi connectivity index (χ2n) is 3.53. The van der Waals surface area contributed by atoms with Crippen LogP contribution in [0.1, 0.15) is 10.5 Å². The molecule has 2 aromatic rings. The van der Waals surface area contributed by atoms with Gasteiger partial charge in [0.05, 0.1) is 19.9 Å². The lowest BCUT2D eigenvalue weighted by Crippen LogP contribution is -1.90. The van der Waals surface area contributed by atoms with Crippen LogP contribution >= 0.6 is 0 Å². The molecule has 0 saturated carbocycles. The quantitative estimate of drug-likeness (QED) is 0.822. The summed E-state index contributed by atoms with van der Waals surface area (Å²) in [6, 6.07) is 7.41. The zero-order valence-electron chi connectivity index (χ0n) is 9.69. The molecule has 0 atom stereocenters. The lowest BCUT2D eigenvalue weighted by atomic mass is 10.1. The van der Waals surface area contributed by atoms with Gasteiger partial charge < -0.3 is 14.5 Å². The van der Waals surface area contributed by atoms with Crippen LogP contribution < -0.4 is 9.47 Å². The Hall–Kier alpha value is -2.23. The maximum atomic E-state index is 10.6. The molecule has 0 unspecified atom stereocenters. The van der Waals surface area contributed by atoms with E-state index in [1.165, 1.54) is 0 Å². The highest BCUT2D eigenvalue weighted by Crippen LogP contribution is 2.32. The summed E-state index contributed by atoms with van der Waals surface area (Å²) >= 11 is 0. The van der Waals surface area contributed by atoms with E-state index < -0.39 is 0 Å². The number of carbonyl (C=O) groups excluding carboxylic acids is 1. The number of rotatable bonds is 4. The Morgan fingerprint density at radius 2 is 1.82 bits per heavy atom. The maximum absolute atomic E-state index is 10.6. The van der Waals surface area contributed by atoms with Crippen molar-refractivity contribution in [1.82, 2.24) is 4.98 Å². The largest absolute Gasteiger partial charge is 0.493 e. The van der Waals surface area contributed by atoms with Gasteiger partial charge in [0.25, 0.3) is 0 Å². The van der Waals surface area contributed by atoms with Crippen LogP contribution in [0, 0.1) is 0 Å². The van der Waals surface area contributed by atoms with Crippen LogP contribution in [0.15, 0.2) is 30.5 Å². The number of benzene rings is 1. The van der Waals surface area contributed by atoms with E-state index in [2.05, 4.69) is 4.98 Å². The van der Waals surface area contributed by atoms with Crippen molar-refractivity contribution >= 4 is 6.29 Å². The van der Waals surface area contributed by atoms with Crippen LogP contribution in [-0.2, 0) is 0 Å². The van der Waals surface area contributed by atoms with Gasteiger partial charge >= 0.3 is 0 Å². The summed E-state index contributed by atoms with van der Waals surface area (Å²) < 4.78 is 10.4. The molecule has 1 N–H and O–H groups in total. The van der Waals surface area contributed by atoms with Gasteiger partial charge in [0.2, 0.25) is 0 Å². The Kier molecular flexibility index (Phi) is 3.14. The number of aromatic nitrogens is 1. The fourth-order valence-electron chi connectivity index (χ4n) is 1.66. The first-order valence-electron chi connectivity index (χ1n) is 5.14. The van der Waals surface area contributed by atoms with E-state index in [0.29, 0.717) is 17.2 Å². The number of nitrogens with one attached hydrogen (secondary N) is 1. The highest BCUT2D eigenvalue weighted by molar-refractivity contribution is 5.77. The van der Waals surface area contributed by atoms with Gasteiger partial charge in [-0.15, -0.1) is 0 Å². The van der Waals surface area contributed by atoms with Gasteiger partial charge in [0, 0.05) is 6.20 Å². The zero-order valence-corrected chi connectivity index (χ0v) is 9.69. The minimum atomic E-state index is 0.551. The molecule has 0 amide bonds. The number of methoxy groups -OCH3 is 2. The number of ether oxygens (including phenoxy) is 2. The highest BCUT2D eigenvalue weighted by atomic mass is 16.5. The normalized spacial score (nSPS) is 10.0. The molecule has 0 radical (unpaired) electrons. The second-order valence-corrected chi connectivity index (χ2v) is 3.53. The van der Waals surface area contributed by atoms with E-state index in [0.717, 1.165) is 17.4 Å². The predicted octanol–water partition coefficient (Wildman–Crippen LogP) is 2.51. The van der Waals surface area contributed by atoms with Crippen molar-refractivity contribution in [3.8, 4) is 22.6 Å². The van der Waals surface area contributed by atoms with Crippen molar-refractivity contribution in [3.05, 3.63) is 36.2 Å². The van der Waals surface area contributed by atoms with Crippen molar-refractivity contribution in [1.29, 1.82) is 0 Å². The summed E-state index contributed by atoms with van der Waals surface area (Å²) in [5.74, 6) is 1.35. The van der Waals surface area contributed by atoms with Crippen LogP contribution in [0.5, 0.6) is 11.5 Å². The Labute approximate surface area is 99.2 Å². The first-order chi connectivity index (χ1) is 8.28. The molecule has 0 aliphatic heterocycles. The summed E-state index contributed by atoms with van der Waals surface area (Å²) in [7, 11) is 3.19. The van der Waals surface area contributed by atoms with Gasteiger partial charge in [0.1, 0.15) is 0 Å². The molecule has 88 valence electrons. The Morgan fingerprint density at radius 1 is 1.06 bits per heavy atom. The number of hydrogen-bond donors (Lipinski definition) is 1. The second kappa shape index (κ2) is 4.74. The van der Waals surface area contributed by atoms with Crippen molar-refractivity contribution in [2.75, 3.05) is 14.2 Å². The smallest absolute Gasteiger partial charge is 0.166 e. The van der Waals surface area contributed by atoms with Crippen LogP contribution in [0.4, 0.5) is 0 Å². The van der Waals surface area contributed by atoms with Crippen LogP contribution in [0.2, 0.25) is 0 Å². The molecule has 1 aromatic carbocycles. The molecule has 0 spiro atoms. The minimum Gasteiger partial charge on any atom is -0.493 e. The Bertz CT molecular complexity index is 531. The lowest BCUT2D eigenvalue weighted by Gasteiger charge is -2.08. The van der Waals surface area contributed by atoms with Gasteiger partial charge in [-0.1, -0.05) is 6.07 Å². The standard InChI is InChI=1S/C13H13NO3/c1-16-12-4-3-9(6-13(12)17-2)10-5-11(8-15)14-7-10/h3-8,14H,1-2H3. The SMILES string of the molecule is COc1ccc(-c2c[nH]c(C=O)c2)cc1OC. The molecule has 0 fully saturated rings. The van der Waals surface area contributed by atoms with Gasteiger partial charge in [0.15, 0.2) is 17.8 Å². The molecule has 0 bridgehead atoms. The fraction of sp³-hybridized carbons (Fsp3) is 0.154. The maximum Gasteiger partial charge on any atom is 0.166 e. The van der Waals surface area contributed by atoms with Gasteiger partial charge in [-0.05, 0) is 29.3 Å². The van der Waals surface area contributed by atoms with Crippen LogP contribution in [0.3, 0.4) is 0 Å². The number of aldehydes is 1. The number of hydrogen-bond acceptors (Lipinski definition) is 3. The first kappa shape index (κ1) is 11.3. The van der Waals surface area contributed by atoms with Crippen molar-refractivity contribution in [2.24, 2.45) is 0 Å². The van der Waals surface area contributed by atoms with Crippen LogP contribution in [0.25, 0.3) is 11.1 Å². The molecule has 0 aliphatic carbocycles. The number of H-pyrrole nitrogens is 1. The molecule has 4 heteroatoms. The number of carbonyl (C=O) groups is 1. The van der Waals surface area contributed by atoms with E-state index in [1.807, 2.05) is 18.2 Å². The van der Waals surface area contributed by atoms with Gasteiger partial charge in [-0.25, -0.2) is 0 Å². The van der Waals surface area contributed by atoms with Crippen molar-refractivity contribution < 1.29 is 14.3 Å². The monoisotopic (exact) mass is 231 g/mol. The zero-order chi connectivity index (χ0) is 12.3. The first-order valence-corrected chi connectivity index (χ1v) is 5.14. The molecule has 4 nitrogen and oxygen atoms in total. The van der Waals surface area contributed by atoms with Crippen molar-refractivity contribution in [3.63, 3.8) is 0 Å². The summed E-state index contributed by atoms with van der Waals surface area (Å²) in [4.78, 5) is 13.5. The molecular weight excluding hydrogens is 218 g/mol. The average Bonchev–Trinajstić information content (AvgIpc) is 2.86. The molecule has 1 aromatic heterocycles. The Morgan fingerprint density at radius 3 is 2.41 bits per heavy atom. The summed E-state index contributed by atoms with van der Waals surface area (Å²) in [5, 5.41) is 0. The van der Waals surface area contributed by atoms with Crippen LogP contribution in [-0.4, -0.2) is 25.5 Å². The molecule has 1 heterocycles.